The molecule has 0 saturated heterocycles. The van der Waals surface area contributed by atoms with E-state index in [-0.39, 0.29) is 30.1 Å². The minimum atomic E-state index is -1.01. The number of carbonyl (C=O) groups is 2. The molecule has 0 radical (unpaired) electrons. The van der Waals surface area contributed by atoms with Crippen molar-refractivity contribution in [2.45, 2.75) is 0 Å². The lowest BCUT2D eigenvalue weighted by atomic mass is 10.1. The van der Waals surface area contributed by atoms with Gasteiger partial charge in [-0.05, 0) is 81.1 Å². The molecule has 26 heavy (non-hydrogen) atoms. The molecule has 2 rings (SSSR count). The Hall–Kier alpha value is -1.82. The van der Waals surface area contributed by atoms with Gasteiger partial charge < -0.3 is 19.7 Å². The zero-order valence-electron chi connectivity index (χ0n) is 13.4. The fraction of sp³-hybridized carbons (Fsp3) is 0.111. The molecule has 0 aliphatic rings. The maximum absolute atomic E-state index is 12.1. The van der Waals surface area contributed by atoms with Crippen molar-refractivity contribution >= 4 is 63.2 Å². The highest BCUT2D eigenvalue weighted by molar-refractivity contribution is 14.1. The smallest absolute Gasteiger partial charge is 0.342 e. The summed E-state index contributed by atoms with van der Waals surface area (Å²) in [6.45, 7) is 3.71. The van der Waals surface area contributed by atoms with E-state index in [4.69, 9.17) is 14.6 Å². The van der Waals surface area contributed by atoms with Crippen molar-refractivity contribution in [2.24, 2.45) is 0 Å². The van der Waals surface area contributed by atoms with Crippen LogP contribution in [0.4, 0.5) is 0 Å². The second-order valence-corrected chi connectivity index (χ2v) is 7.36. The van der Waals surface area contributed by atoms with Crippen LogP contribution >= 0.6 is 45.2 Å². The fourth-order valence-corrected chi connectivity index (χ4v) is 3.33. The number of benzene rings is 2. The average Bonchev–Trinajstić information content (AvgIpc) is 2.61. The third-order valence-corrected chi connectivity index (χ3v) is 4.96. The van der Waals surface area contributed by atoms with Crippen LogP contribution in [-0.2, 0) is 4.74 Å². The highest BCUT2D eigenvalue weighted by atomic mass is 127. The van der Waals surface area contributed by atoms with Gasteiger partial charge in [-0.3, -0.25) is 0 Å². The zero-order chi connectivity index (χ0) is 19.3. The van der Waals surface area contributed by atoms with E-state index in [0.717, 1.165) is 0 Å². The largest absolute Gasteiger partial charge is 0.506 e. The molecule has 0 amide bonds. The number of aromatic carboxylic acids is 1. The molecular weight excluding hydrogens is 566 g/mol. The predicted molar refractivity (Wildman–Crippen MR) is 113 cm³/mol. The number of aromatic hydroxyl groups is 1. The first kappa shape index (κ1) is 20.5. The summed E-state index contributed by atoms with van der Waals surface area (Å²) in [7, 11) is 0. The van der Waals surface area contributed by atoms with Crippen LogP contribution in [0.1, 0.15) is 26.3 Å². The summed E-state index contributed by atoms with van der Waals surface area (Å²) in [6.07, 6.45) is 1.57. The second-order valence-electron chi connectivity index (χ2n) is 5.04. The molecule has 0 aliphatic carbocycles. The molecule has 2 aromatic rings. The van der Waals surface area contributed by atoms with Gasteiger partial charge in [0.1, 0.15) is 30.3 Å². The molecular formula is C18H14I2O6. The first-order valence-electron chi connectivity index (χ1n) is 7.31. The molecule has 2 N–H and O–H groups in total. The highest BCUT2D eigenvalue weighted by Gasteiger charge is 2.16. The van der Waals surface area contributed by atoms with Crippen molar-refractivity contribution in [3.63, 3.8) is 0 Å². The number of carboxylic acid groups (broad SMARTS) is 1. The van der Waals surface area contributed by atoms with Crippen LogP contribution in [0.25, 0.3) is 6.08 Å². The highest BCUT2D eigenvalue weighted by Crippen LogP contribution is 2.27. The van der Waals surface area contributed by atoms with Gasteiger partial charge in [0.2, 0.25) is 0 Å². The molecule has 0 unspecified atom stereocenters. The van der Waals surface area contributed by atoms with Gasteiger partial charge in [0.25, 0.3) is 0 Å². The molecule has 0 spiro atoms. The Labute approximate surface area is 177 Å². The molecule has 0 bridgehead atoms. The van der Waals surface area contributed by atoms with Gasteiger partial charge in [0, 0.05) is 0 Å². The van der Waals surface area contributed by atoms with Crippen LogP contribution in [0.3, 0.4) is 0 Å². The number of carboxylic acids is 1. The van der Waals surface area contributed by atoms with Gasteiger partial charge in [0.15, 0.2) is 0 Å². The molecule has 6 nitrogen and oxygen atoms in total. The number of phenolic OH excluding ortho intramolecular Hbond substituents is 1. The van der Waals surface area contributed by atoms with E-state index in [0.29, 0.717) is 18.5 Å². The lowest BCUT2D eigenvalue weighted by Gasteiger charge is -2.11. The molecule has 0 saturated carbocycles. The Morgan fingerprint density at radius 3 is 2.46 bits per heavy atom. The molecule has 0 aliphatic heterocycles. The normalized spacial score (nSPS) is 10.2. The van der Waals surface area contributed by atoms with Crippen LogP contribution in [0.5, 0.6) is 11.5 Å². The van der Waals surface area contributed by atoms with Crippen molar-refractivity contribution in [3.05, 3.63) is 60.7 Å². The summed E-state index contributed by atoms with van der Waals surface area (Å²) >= 11 is 3.89. The molecule has 0 aromatic heterocycles. The van der Waals surface area contributed by atoms with Crippen LogP contribution in [0.2, 0.25) is 0 Å². The molecule has 136 valence electrons. The predicted octanol–water partition coefficient (Wildman–Crippen LogP) is 4.18. The molecule has 2 aromatic carbocycles. The summed E-state index contributed by atoms with van der Waals surface area (Å²) in [5.74, 6) is -1.32. The Kier molecular flexibility index (Phi) is 7.26. The van der Waals surface area contributed by atoms with Gasteiger partial charge in [0.05, 0.1) is 12.7 Å². The number of hydrogen-bond acceptors (Lipinski definition) is 5. The summed E-state index contributed by atoms with van der Waals surface area (Å²) in [5, 5.41) is 18.9. The second kappa shape index (κ2) is 9.21. The standard InChI is InChI=1S/C18H14I2O6/c1-2-10-7-12(16(21)14(20)8-10)18(24)26-6-5-25-15-4-3-11(17(22)23)9-13(15)19/h2-4,7-9,21H,1,5-6H2,(H,22,23). The number of rotatable bonds is 7. The molecule has 0 heterocycles. The van der Waals surface area contributed by atoms with E-state index >= 15 is 0 Å². The van der Waals surface area contributed by atoms with Crippen molar-refractivity contribution in [1.82, 2.24) is 0 Å². The number of phenols is 1. The Morgan fingerprint density at radius 2 is 1.85 bits per heavy atom. The average molecular weight is 580 g/mol. The van der Waals surface area contributed by atoms with Crippen LogP contribution in [0, 0.1) is 7.14 Å². The van der Waals surface area contributed by atoms with E-state index in [2.05, 4.69) is 6.58 Å². The fourth-order valence-electron chi connectivity index (χ4n) is 2.01. The summed E-state index contributed by atoms with van der Waals surface area (Å²) in [4.78, 5) is 23.0. The van der Waals surface area contributed by atoms with E-state index in [1.807, 2.05) is 45.2 Å². The lowest BCUT2D eigenvalue weighted by molar-refractivity contribution is 0.0446. The van der Waals surface area contributed by atoms with Gasteiger partial charge in [-0.1, -0.05) is 12.7 Å². The monoisotopic (exact) mass is 580 g/mol. The number of halogens is 2. The summed E-state index contributed by atoms with van der Waals surface area (Å²) < 4.78 is 11.8. The first-order valence-corrected chi connectivity index (χ1v) is 9.47. The SMILES string of the molecule is C=Cc1cc(I)c(O)c(C(=O)OCCOc2ccc(C(=O)O)cc2I)c1. The number of esters is 1. The maximum atomic E-state index is 12.1. The molecule has 0 fully saturated rings. The summed E-state index contributed by atoms with van der Waals surface area (Å²) in [5.41, 5.74) is 0.927. The van der Waals surface area contributed by atoms with Crippen molar-refractivity contribution in [2.75, 3.05) is 13.2 Å². The minimum absolute atomic E-state index is 0.0239. The van der Waals surface area contributed by atoms with E-state index in [1.54, 1.807) is 18.2 Å². The minimum Gasteiger partial charge on any atom is -0.506 e. The quantitative estimate of drug-likeness (QED) is 0.290. The Morgan fingerprint density at radius 1 is 1.12 bits per heavy atom. The number of carbonyl (C=O) groups excluding carboxylic acids is 1. The van der Waals surface area contributed by atoms with Gasteiger partial charge >= 0.3 is 11.9 Å². The van der Waals surface area contributed by atoms with E-state index in [9.17, 15) is 14.7 Å². The topological polar surface area (TPSA) is 93.1 Å². The molecule has 8 heteroatoms. The number of hydrogen-bond donors (Lipinski definition) is 2. The van der Waals surface area contributed by atoms with E-state index < -0.39 is 11.9 Å². The third kappa shape index (κ3) is 5.10. The van der Waals surface area contributed by atoms with Gasteiger partial charge in [-0.25, -0.2) is 9.59 Å². The van der Waals surface area contributed by atoms with Crippen molar-refractivity contribution < 1.29 is 29.3 Å². The zero-order valence-corrected chi connectivity index (χ0v) is 17.7. The van der Waals surface area contributed by atoms with Crippen LogP contribution in [0.15, 0.2) is 36.9 Å². The molecule has 0 atom stereocenters. The van der Waals surface area contributed by atoms with Gasteiger partial charge in [-0.15, -0.1) is 0 Å². The van der Waals surface area contributed by atoms with Crippen molar-refractivity contribution in [1.29, 1.82) is 0 Å². The maximum Gasteiger partial charge on any atom is 0.342 e. The number of ether oxygens (including phenoxy) is 2. The lowest BCUT2D eigenvalue weighted by Crippen LogP contribution is -2.13. The Bertz CT molecular complexity index is 863. The Balaban J connectivity index is 1.94. The van der Waals surface area contributed by atoms with Crippen LogP contribution in [-0.4, -0.2) is 35.4 Å². The van der Waals surface area contributed by atoms with E-state index in [1.165, 1.54) is 18.2 Å². The first-order chi connectivity index (χ1) is 12.3. The summed E-state index contributed by atoms with van der Waals surface area (Å²) in [6, 6.07) is 7.68. The van der Waals surface area contributed by atoms with Crippen LogP contribution < -0.4 is 4.74 Å². The van der Waals surface area contributed by atoms with Gasteiger partial charge in [-0.2, -0.15) is 0 Å². The van der Waals surface area contributed by atoms with Crippen molar-refractivity contribution in [3.8, 4) is 11.5 Å². The third-order valence-electron chi connectivity index (χ3n) is 3.29.